The Morgan fingerprint density at radius 3 is 2.73 bits per heavy atom. The summed E-state index contributed by atoms with van der Waals surface area (Å²) in [6.07, 6.45) is 2.34. The van der Waals surface area contributed by atoms with E-state index in [0.29, 0.717) is 6.61 Å². The molecule has 2 saturated heterocycles. The van der Waals surface area contributed by atoms with Crippen LogP contribution < -0.4 is 0 Å². The minimum atomic E-state index is -0.382. The Hall–Kier alpha value is -1.39. The quantitative estimate of drug-likeness (QED) is 0.868. The summed E-state index contributed by atoms with van der Waals surface area (Å²) in [6, 6.07) is 10.4. The fraction of sp³-hybridized carbons (Fsp3) is 0.611. The zero-order chi connectivity index (χ0) is 15.7. The van der Waals surface area contributed by atoms with Gasteiger partial charge in [-0.15, -0.1) is 0 Å². The van der Waals surface area contributed by atoms with Crippen LogP contribution in [-0.2, 0) is 9.53 Å². The standard InChI is InChI=1S/C18H25NO3/c1-3-22-18(21)17-15-10-9-14(11-16(15)20)19(17)12(2)13-7-5-4-6-8-13/h4-8,12,14-17,20H,3,9-11H2,1-2H3/t12-,14+,15-,16?,17-/m1/s1. The van der Waals surface area contributed by atoms with Crippen LogP contribution in [0.5, 0.6) is 0 Å². The molecular weight excluding hydrogens is 278 g/mol. The molecule has 2 heterocycles. The van der Waals surface area contributed by atoms with E-state index < -0.39 is 0 Å². The number of aliphatic hydroxyl groups excluding tert-OH is 1. The maximum Gasteiger partial charge on any atom is 0.323 e. The third-order valence-corrected chi connectivity index (χ3v) is 5.25. The Morgan fingerprint density at radius 2 is 2.09 bits per heavy atom. The van der Waals surface area contributed by atoms with Gasteiger partial charge in [-0.05, 0) is 38.7 Å². The minimum Gasteiger partial charge on any atom is -0.465 e. The third kappa shape index (κ3) is 2.66. The molecule has 120 valence electrons. The van der Waals surface area contributed by atoms with E-state index in [1.54, 1.807) is 0 Å². The van der Waals surface area contributed by atoms with Crippen molar-refractivity contribution in [2.24, 2.45) is 5.92 Å². The predicted molar refractivity (Wildman–Crippen MR) is 84.3 cm³/mol. The summed E-state index contributed by atoms with van der Waals surface area (Å²) >= 11 is 0. The van der Waals surface area contributed by atoms with Crippen LogP contribution in [0.25, 0.3) is 0 Å². The van der Waals surface area contributed by atoms with Crippen molar-refractivity contribution in [3.05, 3.63) is 35.9 Å². The lowest BCUT2D eigenvalue weighted by Crippen LogP contribution is -2.63. The molecule has 3 fully saturated rings. The number of aliphatic hydroxyl groups is 1. The number of benzene rings is 1. The molecule has 22 heavy (non-hydrogen) atoms. The lowest BCUT2D eigenvalue weighted by atomic mass is 9.71. The van der Waals surface area contributed by atoms with E-state index >= 15 is 0 Å². The highest BCUT2D eigenvalue weighted by Gasteiger charge is 2.51. The number of nitrogens with zero attached hydrogens (tertiary/aromatic N) is 1. The van der Waals surface area contributed by atoms with Crippen molar-refractivity contribution < 1.29 is 14.6 Å². The Labute approximate surface area is 132 Å². The van der Waals surface area contributed by atoms with Gasteiger partial charge in [-0.1, -0.05) is 30.3 Å². The highest BCUT2D eigenvalue weighted by molar-refractivity contribution is 5.77. The molecule has 5 atom stereocenters. The summed E-state index contributed by atoms with van der Waals surface area (Å²) in [7, 11) is 0. The molecule has 2 bridgehead atoms. The molecule has 2 aliphatic heterocycles. The van der Waals surface area contributed by atoms with Crippen molar-refractivity contribution in [3.8, 4) is 0 Å². The molecule has 1 saturated carbocycles. The maximum absolute atomic E-state index is 12.5. The molecule has 1 N–H and O–H groups in total. The van der Waals surface area contributed by atoms with Crippen LogP contribution in [0, 0.1) is 5.92 Å². The molecule has 0 spiro atoms. The van der Waals surface area contributed by atoms with Crippen molar-refractivity contribution in [2.75, 3.05) is 6.61 Å². The number of esters is 1. The number of piperidine rings is 2. The van der Waals surface area contributed by atoms with Crippen molar-refractivity contribution in [1.29, 1.82) is 0 Å². The van der Waals surface area contributed by atoms with Gasteiger partial charge in [0.1, 0.15) is 6.04 Å². The van der Waals surface area contributed by atoms with Gasteiger partial charge in [0.2, 0.25) is 0 Å². The summed E-state index contributed by atoms with van der Waals surface area (Å²) in [4.78, 5) is 14.8. The SMILES string of the molecule is CCOC(=O)[C@H]1[C@@H]2CC[C@@H](CC2O)N1[C@H](C)c1ccccc1. The van der Waals surface area contributed by atoms with E-state index in [1.807, 2.05) is 25.1 Å². The van der Waals surface area contributed by atoms with Gasteiger partial charge < -0.3 is 9.84 Å². The van der Waals surface area contributed by atoms with E-state index in [2.05, 4.69) is 24.0 Å². The summed E-state index contributed by atoms with van der Waals surface area (Å²) in [6.45, 7) is 4.37. The van der Waals surface area contributed by atoms with Crippen molar-refractivity contribution in [3.63, 3.8) is 0 Å². The predicted octanol–water partition coefficient (Wildman–Crippen LogP) is 2.52. The van der Waals surface area contributed by atoms with Gasteiger partial charge in [0.05, 0.1) is 12.7 Å². The maximum atomic E-state index is 12.5. The van der Waals surface area contributed by atoms with Gasteiger partial charge in [-0.2, -0.15) is 0 Å². The molecule has 1 unspecified atom stereocenters. The summed E-state index contributed by atoms with van der Waals surface area (Å²) < 4.78 is 5.31. The van der Waals surface area contributed by atoms with Crippen molar-refractivity contribution in [1.82, 2.24) is 4.90 Å². The first-order valence-corrected chi connectivity index (χ1v) is 8.30. The largest absolute Gasteiger partial charge is 0.465 e. The molecule has 1 aromatic rings. The first kappa shape index (κ1) is 15.5. The molecule has 0 amide bonds. The number of hydrogen-bond acceptors (Lipinski definition) is 4. The van der Waals surface area contributed by atoms with E-state index in [4.69, 9.17) is 4.74 Å². The van der Waals surface area contributed by atoms with Gasteiger partial charge in [0, 0.05) is 18.0 Å². The van der Waals surface area contributed by atoms with Gasteiger partial charge in [0.15, 0.2) is 0 Å². The highest BCUT2D eigenvalue weighted by Crippen LogP contribution is 2.44. The fourth-order valence-corrected chi connectivity index (χ4v) is 4.22. The van der Waals surface area contributed by atoms with Crippen LogP contribution in [0.1, 0.15) is 44.7 Å². The lowest BCUT2D eigenvalue weighted by molar-refractivity contribution is -0.171. The van der Waals surface area contributed by atoms with Gasteiger partial charge in [-0.25, -0.2) is 0 Å². The average molecular weight is 303 g/mol. The molecule has 0 aromatic heterocycles. The summed E-state index contributed by atoms with van der Waals surface area (Å²) in [5, 5.41) is 10.3. The molecule has 1 aromatic carbocycles. The van der Waals surface area contributed by atoms with Crippen LogP contribution in [-0.4, -0.2) is 40.8 Å². The highest BCUT2D eigenvalue weighted by atomic mass is 16.5. The Bertz CT molecular complexity index is 518. The molecule has 3 aliphatic rings. The van der Waals surface area contributed by atoms with Gasteiger partial charge in [0.25, 0.3) is 0 Å². The Kier molecular flexibility index (Phi) is 4.50. The van der Waals surface area contributed by atoms with Crippen LogP contribution in [0.2, 0.25) is 0 Å². The van der Waals surface area contributed by atoms with E-state index in [1.165, 1.54) is 5.56 Å². The zero-order valence-corrected chi connectivity index (χ0v) is 13.3. The average Bonchev–Trinajstić information content (AvgIpc) is 2.55. The number of carbonyl (C=O) groups is 1. The van der Waals surface area contributed by atoms with Crippen LogP contribution in [0.3, 0.4) is 0 Å². The number of carbonyl (C=O) groups excluding carboxylic acids is 1. The van der Waals surface area contributed by atoms with Crippen molar-refractivity contribution in [2.45, 2.75) is 57.3 Å². The van der Waals surface area contributed by atoms with Gasteiger partial charge in [-0.3, -0.25) is 9.69 Å². The smallest absolute Gasteiger partial charge is 0.323 e. The molecular formula is C18H25NO3. The van der Waals surface area contributed by atoms with E-state index in [0.717, 1.165) is 19.3 Å². The third-order valence-electron chi connectivity index (χ3n) is 5.25. The number of fused-ring (bicyclic) bond motifs is 3. The number of ether oxygens (including phenoxy) is 1. The zero-order valence-electron chi connectivity index (χ0n) is 13.3. The Morgan fingerprint density at radius 1 is 1.36 bits per heavy atom. The van der Waals surface area contributed by atoms with Gasteiger partial charge >= 0.3 is 5.97 Å². The second-order valence-corrected chi connectivity index (χ2v) is 6.43. The molecule has 1 aliphatic carbocycles. The van der Waals surface area contributed by atoms with E-state index in [9.17, 15) is 9.90 Å². The van der Waals surface area contributed by atoms with Crippen molar-refractivity contribution >= 4 is 5.97 Å². The first-order chi connectivity index (χ1) is 10.6. The van der Waals surface area contributed by atoms with Crippen LogP contribution >= 0.6 is 0 Å². The lowest BCUT2D eigenvalue weighted by Gasteiger charge is -2.54. The second kappa shape index (κ2) is 6.39. The molecule has 0 radical (unpaired) electrons. The number of hydrogen-bond donors (Lipinski definition) is 1. The molecule has 4 heteroatoms. The first-order valence-electron chi connectivity index (χ1n) is 8.30. The molecule has 4 rings (SSSR count). The topological polar surface area (TPSA) is 49.8 Å². The summed E-state index contributed by atoms with van der Waals surface area (Å²) in [5.74, 6) is -0.186. The summed E-state index contributed by atoms with van der Waals surface area (Å²) in [5.41, 5.74) is 1.21. The number of rotatable bonds is 4. The second-order valence-electron chi connectivity index (χ2n) is 6.43. The van der Waals surface area contributed by atoms with E-state index in [-0.39, 0.29) is 36.1 Å². The normalized spacial score (nSPS) is 32.7. The Balaban J connectivity index is 1.91. The fourth-order valence-electron chi connectivity index (χ4n) is 4.22. The minimum absolute atomic E-state index is 0.00443. The van der Waals surface area contributed by atoms with Crippen LogP contribution in [0.15, 0.2) is 30.3 Å². The monoisotopic (exact) mass is 303 g/mol. The molecule has 4 nitrogen and oxygen atoms in total. The van der Waals surface area contributed by atoms with Crippen LogP contribution in [0.4, 0.5) is 0 Å².